The molecule has 92 valence electrons. The van der Waals surface area contributed by atoms with Crippen molar-refractivity contribution in [1.82, 2.24) is 4.98 Å². The van der Waals surface area contributed by atoms with E-state index in [2.05, 4.69) is 23.3 Å². The van der Waals surface area contributed by atoms with Crippen molar-refractivity contribution >= 4 is 5.69 Å². The van der Waals surface area contributed by atoms with Crippen LogP contribution in [0.5, 0.6) is 11.5 Å². The fourth-order valence-electron chi connectivity index (χ4n) is 1.95. The first-order valence-electron chi connectivity index (χ1n) is 5.89. The molecule has 0 amide bonds. The highest BCUT2D eigenvalue weighted by Crippen LogP contribution is 2.35. The molecule has 1 aliphatic heterocycles. The van der Waals surface area contributed by atoms with Gasteiger partial charge >= 0.3 is 0 Å². The van der Waals surface area contributed by atoms with Crippen molar-refractivity contribution in [1.29, 1.82) is 0 Å². The van der Waals surface area contributed by atoms with Crippen LogP contribution < -0.4 is 14.8 Å². The third-order valence-corrected chi connectivity index (χ3v) is 2.94. The molecule has 0 bridgehead atoms. The molecule has 2 aromatic rings. The molecule has 0 saturated carbocycles. The summed E-state index contributed by atoms with van der Waals surface area (Å²) in [4.78, 5) is 4.12. The fraction of sp³-hybridized carbons (Fsp3) is 0.214. The minimum absolute atomic E-state index is 0.194. The van der Waals surface area contributed by atoms with Gasteiger partial charge in [-0.1, -0.05) is 6.07 Å². The number of rotatable bonds is 3. The molecule has 0 spiro atoms. The predicted molar refractivity (Wildman–Crippen MR) is 68.8 cm³/mol. The summed E-state index contributed by atoms with van der Waals surface area (Å²) in [6.07, 6.45) is 3.64. The van der Waals surface area contributed by atoms with Gasteiger partial charge in [-0.2, -0.15) is 0 Å². The second-order valence-electron chi connectivity index (χ2n) is 4.22. The van der Waals surface area contributed by atoms with Crippen molar-refractivity contribution in [2.45, 2.75) is 13.0 Å². The van der Waals surface area contributed by atoms with Crippen molar-refractivity contribution in [3.63, 3.8) is 0 Å². The third kappa shape index (κ3) is 2.09. The molecule has 18 heavy (non-hydrogen) atoms. The topological polar surface area (TPSA) is 43.4 Å². The number of benzene rings is 1. The van der Waals surface area contributed by atoms with Gasteiger partial charge in [-0.05, 0) is 30.7 Å². The Bertz CT molecular complexity index is 543. The summed E-state index contributed by atoms with van der Waals surface area (Å²) in [5.74, 6) is 1.59. The van der Waals surface area contributed by atoms with Crippen LogP contribution in [0.1, 0.15) is 18.5 Å². The number of pyridine rings is 1. The van der Waals surface area contributed by atoms with E-state index in [9.17, 15) is 0 Å². The number of hydrogen-bond donors (Lipinski definition) is 1. The number of hydrogen-bond acceptors (Lipinski definition) is 4. The first kappa shape index (κ1) is 10.9. The quantitative estimate of drug-likeness (QED) is 0.898. The van der Waals surface area contributed by atoms with Crippen LogP contribution in [0.3, 0.4) is 0 Å². The molecule has 1 atom stereocenters. The predicted octanol–water partition coefficient (Wildman–Crippen LogP) is 2.98. The number of fused-ring (bicyclic) bond motifs is 1. The van der Waals surface area contributed by atoms with Gasteiger partial charge in [0.05, 0.1) is 6.04 Å². The highest BCUT2D eigenvalue weighted by Gasteiger charge is 2.14. The Morgan fingerprint density at radius 3 is 2.94 bits per heavy atom. The number of aromatic nitrogens is 1. The Kier molecular flexibility index (Phi) is 2.76. The molecule has 4 heteroatoms. The minimum Gasteiger partial charge on any atom is -0.454 e. The molecule has 4 nitrogen and oxygen atoms in total. The lowest BCUT2D eigenvalue weighted by Gasteiger charge is -2.15. The van der Waals surface area contributed by atoms with Crippen LogP contribution >= 0.6 is 0 Å². The molecular weight excluding hydrogens is 228 g/mol. The fourth-order valence-corrected chi connectivity index (χ4v) is 1.95. The zero-order chi connectivity index (χ0) is 12.4. The number of ether oxygens (including phenoxy) is 2. The van der Waals surface area contributed by atoms with E-state index in [1.807, 2.05) is 30.5 Å². The van der Waals surface area contributed by atoms with Gasteiger partial charge in [0.25, 0.3) is 0 Å². The molecule has 1 aromatic heterocycles. The molecular formula is C14H14N2O2. The van der Waals surface area contributed by atoms with E-state index in [-0.39, 0.29) is 6.04 Å². The van der Waals surface area contributed by atoms with Gasteiger partial charge in [-0.3, -0.25) is 4.98 Å². The van der Waals surface area contributed by atoms with E-state index in [1.165, 1.54) is 0 Å². The average molecular weight is 242 g/mol. The largest absolute Gasteiger partial charge is 0.454 e. The Labute approximate surface area is 106 Å². The second kappa shape index (κ2) is 4.56. The van der Waals surface area contributed by atoms with E-state index in [0.29, 0.717) is 6.79 Å². The monoisotopic (exact) mass is 242 g/mol. The van der Waals surface area contributed by atoms with Crippen LogP contribution in [0.4, 0.5) is 5.69 Å². The van der Waals surface area contributed by atoms with Crippen molar-refractivity contribution in [3.8, 4) is 11.5 Å². The lowest BCUT2D eigenvalue weighted by molar-refractivity contribution is 0.174. The van der Waals surface area contributed by atoms with Crippen molar-refractivity contribution in [2.75, 3.05) is 12.1 Å². The maximum Gasteiger partial charge on any atom is 0.231 e. The Hall–Kier alpha value is -2.23. The summed E-state index contributed by atoms with van der Waals surface area (Å²) in [7, 11) is 0. The van der Waals surface area contributed by atoms with Crippen LogP contribution in [-0.4, -0.2) is 11.8 Å². The zero-order valence-corrected chi connectivity index (χ0v) is 10.1. The van der Waals surface area contributed by atoms with E-state index in [1.54, 1.807) is 6.20 Å². The van der Waals surface area contributed by atoms with Crippen LogP contribution in [-0.2, 0) is 0 Å². The first-order chi connectivity index (χ1) is 8.83. The van der Waals surface area contributed by atoms with Crippen molar-refractivity contribution < 1.29 is 9.47 Å². The summed E-state index contributed by atoms with van der Waals surface area (Å²) in [6, 6.07) is 10.0. The first-order valence-corrected chi connectivity index (χ1v) is 5.89. The molecule has 1 aromatic carbocycles. The third-order valence-electron chi connectivity index (χ3n) is 2.94. The Morgan fingerprint density at radius 2 is 2.11 bits per heavy atom. The van der Waals surface area contributed by atoms with Gasteiger partial charge < -0.3 is 14.8 Å². The Morgan fingerprint density at radius 1 is 1.22 bits per heavy atom. The molecule has 1 aliphatic rings. The number of anilines is 1. The molecule has 0 fully saturated rings. The Balaban J connectivity index is 1.77. The van der Waals surface area contributed by atoms with Gasteiger partial charge in [0, 0.05) is 24.1 Å². The zero-order valence-electron chi connectivity index (χ0n) is 10.1. The molecule has 1 unspecified atom stereocenters. The molecule has 0 radical (unpaired) electrons. The SMILES string of the molecule is CC(Nc1ccc2c(c1)OCO2)c1cccnc1. The van der Waals surface area contributed by atoms with Gasteiger partial charge in [0.15, 0.2) is 11.5 Å². The normalized spacial score (nSPS) is 14.3. The standard InChI is InChI=1S/C14H14N2O2/c1-10(11-3-2-6-15-8-11)16-12-4-5-13-14(7-12)18-9-17-13/h2-8,10,16H,9H2,1H3. The molecule has 0 aliphatic carbocycles. The molecule has 2 heterocycles. The van der Waals surface area contributed by atoms with Crippen molar-refractivity contribution in [3.05, 3.63) is 48.3 Å². The van der Waals surface area contributed by atoms with Gasteiger partial charge in [0.1, 0.15) is 0 Å². The van der Waals surface area contributed by atoms with E-state index in [4.69, 9.17) is 9.47 Å². The summed E-state index contributed by atoms with van der Waals surface area (Å²) in [5, 5.41) is 3.41. The highest BCUT2D eigenvalue weighted by molar-refractivity contribution is 5.56. The maximum atomic E-state index is 5.35. The minimum atomic E-state index is 0.194. The number of nitrogens with one attached hydrogen (secondary N) is 1. The van der Waals surface area contributed by atoms with Gasteiger partial charge in [0.2, 0.25) is 6.79 Å². The van der Waals surface area contributed by atoms with Crippen LogP contribution in [0.25, 0.3) is 0 Å². The molecule has 1 N–H and O–H groups in total. The summed E-state index contributed by atoms with van der Waals surface area (Å²) < 4.78 is 10.6. The lowest BCUT2D eigenvalue weighted by Crippen LogP contribution is -2.06. The van der Waals surface area contributed by atoms with Crippen LogP contribution in [0.15, 0.2) is 42.7 Å². The molecule has 0 saturated heterocycles. The van der Waals surface area contributed by atoms with Crippen LogP contribution in [0.2, 0.25) is 0 Å². The van der Waals surface area contributed by atoms with E-state index < -0.39 is 0 Å². The van der Waals surface area contributed by atoms with Crippen LogP contribution in [0, 0.1) is 0 Å². The average Bonchev–Trinajstić information content (AvgIpc) is 2.87. The number of nitrogens with zero attached hydrogens (tertiary/aromatic N) is 1. The lowest BCUT2D eigenvalue weighted by atomic mass is 10.1. The van der Waals surface area contributed by atoms with E-state index in [0.717, 1.165) is 22.7 Å². The van der Waals surface area contributed by atoms with Gasteiger partial charge in [-0.25, -0.2) is 0 Å². The smallest absolute Gasteiger partial charge is 0.231 e. The second-order valence-corrected chi connectivity index (χ2v) is 4.22. The summed E-state index contributed by atoms with van der Waals surface area (Å²) in [5.41, 5.74) is 2.16. The summed E-state index contributed by atoms with van der Waals surface area (Å²) >= 11 is 0. The highest BCUT2D eigenvalue weighted by atomic mass is 16.7. The van der Waals surface area contributed by atoms with Gasteiger partial charge in [-0.15, -0.1) is 0 Å². The maximum absolute atomic E-state index is 5.35. The molecule has 3 rings (SSSR count). The van der Waals surface area contributed by atoms with E-state index >= 15 is 0 Å². The summed E-state index contributed by atoms with van der Waals surface area (Å²) in [6.45, 7) is 2.40. The van der Waals surface area contributed by atoms with Crippen molar-refractivity contribution in [2.24, 2.45) is 0 Å².